The molecule has 3 rings (SSSR count). The summed E-state index contributed by atoms with van der Waals surface area (Å²) >= 11 is 0. The number of halogens is 2. The molecule has 130 valence electrons. The van der Waals surface area contributed by atoms with Crippen molar-refractivity contribution >= 4 is 16.9 Å². The Morgan fingerprint density at radius 1 is 1.50 bits per heavy atom. The molecule has 0 bridgehead atoms. The number of fused-ring (bicyclic) bond motifs is 1. The number of carbonyl (C=O) groups excluding carboxylic acids is 1. The van der Waals surface area contributed by atoms with E-state index in [0.717, 1.165) is 22.4 Å². The fourth-order valence-electron chi connectivity index (χ4n) is 3.10. The predicted octanol–water partition coefficient (Wildman–Crippen LogP) is 2.69. The van der Waals surface area contributed by atoms with Crippen molar-refractivity contribution in [3.05, 3.63) is 29.6 Å². The number of hydrogen-bond donors (Lipinski definition) is 1. The van der Waals surface area contributed by atoms with Crippen molar-refractivity contribution in [2.24, 2.45) is 0 Å². The zero-order valence-corrected chi connectivity index (χ0v) is 13.6. The lowest BCUT2D eigenvalue weighted by Gasteiger charge is -2.35. The first kappa shape index (κ1) is 16.8. The minimum absolute atomic E-state index is 0.124. The lowest BCUT2D eigenvalue weighted by atomic mass is 10.1. The number of hydrogen-bond acceptors (Lipinski definition) is 3. The van der Waals surface area contributed by atoms with Gasteiger partial charge in [-0.2, -0.15) is 0 Å². The molecule has 1 atom stereocenters. The van der Waals surface area contributed by atoms with E-state index in [4.69, 9.17) is 4.74 Å². The van der Waals surface area contributed by atoms with Gasteiger partial charge in [-0.15, -0.1) is 0 Å². The summed E-state index contributed by atoms with van der Waals surface area (Å²) in [6.45, 7) is 2.94. The lowest BCUT2D eigenvalue weighted by Crippen LogP contribution is -2.49. The van der Waals surface area contributed by atoms with E-state index < -0.39 is 12.5 Å². The highest BCUT2D eigenvalue weighted by molar-refractivity contribution is 5.79. The van der Waals surface area contributed by atoms with Crippen molar-refractivity contribution in [3.63, 3.8) is 0 Å². The van der Waals surface area contributed by atoms with Crippen LogP contribution in [0.2, 0.25) is 0 Å². The molecule has 1 fully saturated rings. The summed E-state index contributed by atoms with van der Waals surface area (Å²) in [6.07, 6.45) is -2.06. The van der Waals surface area contributed by atoms with E-state index in [1.54, 1.807) is 0 Å². The molecule has 1 aliphatic rings. The molecule has 5 nitrogen and oxygen atoms in total. The van der Waals surface area contributed by atoms with Gasteiger partial charge in [0.25, 0.3) is 0 Å². The summed E-state index contributed by atoms with van der Waals surface area (Å²) in [7, 11) is 0. The monoisotopic (exact) mass is 337 g/mol. The van der Waals surface area contributed by atoms with Crippen LogP contribution in [0.3, 0.4) is 0 Å². The maximum atomic E-state index is 12.7. The number of alkyl halides is 2. The van der Waals surface area contributed by atoms with Crippen LogP contribution in [0.5, 0.6) is 0 Å². The average molecular weight is 337 g/mol. The number of morpholine rings is 1. The Balaban J connectivity index is 1.63. The Hall–Kier alpha value is -2.02. The van der Waals surface area contributed by atoms with E-state index in [1.807, 2.05) is 25.1 Å². The highest BCUT2D eigenvalue weighted by Gasteiger charge is 2.29. The first-order chi connectivity index (χ1) is 11.5. The molecule has 0 spiro atoms. The number of amides is 1. The van der Waals surface area contributed by atoms with E-state index in [1.165, 1.54) is 4.90 Å². The van der Waals surface area contributed by atoms with Crippen LogP contribution in [0.1, 0.15) is 24.2 Å². The second kappa shape index (κ2) is 7.25. The number of aromatic nitrogens is 2. The van der Waals surface area contributed by atoms with Crippen LogP contribution < -0.4 is 0 Å². The summed E-state index contributed by atoms with van der Waals surface area (Å²) in [6, 6.07) is 5.35. The zero-order valence-electron chi connectivity index (χ0n) is 13.6. The number of benzene rings is 1. The molecule has 1 amide bonds. The van der Waals surface area contributed by atoms with Gasteiger partial charge in [-0.3, -0.25) is 4.79 Å². The van der Waals surface area contributed by atoms with E-state index in [2.05, 4.69) is 9.97 Å². The number of para-hydroxylation sites is 1. The lowest BCUT2D eigenvalue weighted by molar-refractivity contribution is -0.141. The number of imidazole rings is 1. The number of nitrogens with zero attached hydrogens (tertiary/aromatic N) is 2. The fraction of sp³-hybridized carbons (Fsp3) is 0.529. The van der Waals surface area contributed by atoms with Gasteiger partial charge in [-0.05, 0) is 18.6 Å². The highest BCUT2D eigenvalue weighted by atomic mass is 19.3. The maximum Gasteiger partial charge on any atom is 0.240 e. The van der Waals surface area contributed by atoms with E-state index >= 15 is 0 Å². The van der Waals surface area contributed by atoms with Gasteiger partial charge in [0.2, 0.25) is 12.3 Å². The summed E-state index contributed by atoms with van der Waals surface area (Å²) in [5.74, 6) is 0.618. The normalized spacial score (nSPS) is 18.5. The standard InChI is InChI=1S/C17H21F2N3O2/c1-11-3-2-4-13-17(11)21-15(20-13)5-6-16(23)22-7-8-24-10-12(22)9-14(18)19/h2-4,12,14H,5-10H2,1H3,(H,20,21). The Labute approximate surface area is 139 Å². The van der Waals surface area contributed by atoms with Crippen molar-refractivity contribution in [1.82, 2.24) is 14.9 Å². The molecule has 0 radical (unpaired) electrons. The van der Waals surface area contributed by atoms with Crippen LogP contribution in [0.15, 0.2) is 18.2 Å². The molecule has 24 heavy (non-hydrogen) atoms. The SMILES string of the molecule is Cc1cccc2[nH]c(CCC(=O)N3CCOCC3CC(F)F)nc12. The predicted molar refractivity (Wildman–Crippen MR) is 86.1 cm³/mol. The fourth-order valence-corrected chi connectivity index (χ4v) is 3.10. The molecule has 1 N–H and O–H groups in total. The Morgan fingerprint density at radius 2 is 2.33 bits per heavy atom. The molecular weight excluding hydrogens is 316 g/mol. The van der Waals surface area contributed by atoms with Crippen molar-refractivity contribution in [3.8, 4) is 0 Å². The van der Waals surface area contributed by atoms with Gasteiger partial charge in [0.15, 0.2) is 0 Å². The molecular formula is C17H21F2N3O2. The third-order valence-corrected chi connectivity index (χ3v) is 4.34. The zero-order chi connectivity index (χ0) is 17.1. The quantitative estimate of drug-likeness (QED) is 0.913. The van der Waals surface area contributed by atoms with Crippen LogP contribution in [-0.2, 0) is 16.0 Å². The van der Waals surface area contributed by atoms with E-state index in [9.17, 15) is 13.6 Å². The first-order valence-corrected chi connectivity index (χ1v) is 8.14. The van der Waals surface area contributed by atoms with Crippen molar-refractivity contribution < 1.29 is 18.3 Å². The number of H-pyrrole nitrogens is 1. The molecule has 1 saturated heterocycles. The van der Waals surface area contributed by atoms with Gasteiger partial charge in [0, 0.05) is 25.8 Å². The third kappa shape index (κ3) is 3.72. The van der Waals surface area contributed by atoms with Gasteiger partial charge < -0.3 is 14.6 Å². The van der Waals surface area contributed by atoms with E-state index in [-0.39, 0.29) is 25.4 Å². The van der Waals surface area contributed by atoms with Crippen molar-refractivity contribution in [2.75, 3.05) is 19.8 Å². The first-order valence-electron chi connectivity index (χ1n) is 8.14. The molecule has 1 aromatic heterocycles. The molecule has 1 aromatic carbocycles. The summed E-state index contributed by atoms with van der Waals surface area (Å²) in [4.78, 5) is 21.7. The maximum absolute atomic E-state index is 12.7. The van der Waals surface area contributed by atoms with Crippen LogP contribution in [0, 0.1) is 6.92 Å². The van der Waals surface area contributed by atoms with Crippen molar-refractivity contribution in [1.29, 1.82) is 0 Å². The largest absolute Gasteiger partial charge is 0.377 e. The topological polar surface area (TPSA) is 58.2 Å². The third-order valence-electron chi connectivity index (χ3n) is 4.34. The Bertz CT molecular complexity index is 717. The number of aromatic amines is 1. The smallest absolute Gasteiger partial charge is 0.240 e. The molecule has 1 aliphatic heterocycles. The summed E-state index contributed by atoms with van der Waals surface area (Å²) < 4.78 is 30.5. The number of nitrogens with one attached hydrogen (secondary N) is 1. The van der Waals surface area contributed by atoms with Gasteiger partial charge in [0.05, 0.1) is 30.3 Å². The minimum atomic E-state index is -2.44. The number of rotatable bonds is 5. The second-order valence-electron chi connectivity index (χ2n) is 6.10. The summed E-state index contributed by atoms with van der Waals surface area (Å²) in [5, 5.41) is 0. The second-order valence-corrected chi connectivity index (χ2v) is 6.10. The van der Waals surface area contributed by atoms with Crippen LogP contribution in [0.4, 0.5) is 8.78 Å². The Morgan fingerprint density at radius 3 is 3.08 bits per heavy atom. The number of ether oxygens (including phenoxy) is 1. The average Bonchev–Trinajstić information content (AvgIpc) is 2.97. The van der Waals surface area contributed by atoms with Gasteiger partial charge >= 0.3 is 0 Å². The van der Waals surface area contributed by atoms with Crippen LogP contribution in [-0.4, -0.2) is 53.0 Å². The Kier molecular flexibility index (Phi) is 5.08. The van der Waals surface area contributed by atoms with Gasteiger partial charge in [0.1, 0.15) is 5.82 Å². The minimum Gasteiger partial charge on any atom is -0.377 e. The van der Waals surface area contributed by atoms with E-state index in [0.29, 0.717) is 19.6 Å². The van der Waals surface area contributed by atoms with Gasteiger partial charge in [-0.1, -0.05) is 12.1 Å². The van der Waals surface area contributed by atoms with Crippen molar-refractivity contribution in [2.45, 2.75) is 38.7 Å². The number of carbonyl (C=O) groups is 1. The molecule has 2 aromatic rings. The molecule has 7 heteroatoms. The highest BCUT2D eigenvalue weighted by Crippen LogP contribution is 2.19. The van der Waals surface area contributed by atoms with Crippen LogP contribution in [0.25, 0.3) is 11.0 Å². The molecule has 0 saturated carbocycles. The molecule has 1 unspecified atom stereocenters. The summed E-state index contributed by atoms with van der Waals surface area (Å²) in [5.41, 5.74) is 2.92. The van der Waals surface area contributed by atoms with Crippen LogP contribution >= 0.6 is 0 Å². The molecule has 2 heterocycles. The van der Waals surface area contributed by atoms with Gasteiger partial charge in [-0.25, -0.2) is 13.8 Å². The number of aryl methyl sites for hydroxylation is 2. The molecule has 0 aliphatic carbocycles.